The molecule has 0 unspecified atom stereocenters. The molecule has 1 N–H and O–H groups in total. The second kappa shape index (κ2) is 15.2. The summed E-state index contributed by atoms with van der Waals surface area (Å²) in [5, 5.41) is 10.3. The molecule has 0 heterocycles. The molecular weight excluding hydrogens is 323 g/mol. The number of rotatable bonds is 15. The molecule has 0 aromatic heterocycles. The van der Waals surface area contributed by atoms with Crippen molar-refractivity contribution in [2.75, 3.05) is 0 Å². The Morgan fingerprint density at radius 1 is 0.739 bits per heavy atom. The van der Waals surface area contributed by atoms with Crippen LogP contribution in [0.4, 0.5) is 0 Å². The molecule has 0 aliphatic rings. The largest absolute Gasteiger partial charge is 1.00 e. The van der Waals surface area contributed by atoms with Crippen LogP contribution in [0.5, 0.6) is 0 Å². The minimum Gasteiger partial charge on any atom is -0.746 e. The van der Waals surface area contributed by atoms with Gasteiger partial charge in [-0.05, 0) is 25.7 Å². The first-order valence-corrected chi connectivity index (χ1v) is 10.5. The van der Waals surface area contributed by atoms with Crippen LogP contribution in [0.25, 0.3) is 0 Å². The molecule has 0 radical (unpaired) electrons. The molecule has 0 amide bonds. The molecule has 0 aromatic rings. The van der Waals surface area contributed by atoms with E-state index in [1.165, 1.54) is 12.8 Å². The molecule has 0 aliphatic carbocycles. The van der Waals surface area contributed by atoms with Crippen molar-refractivity contribution in [1.29, 1.82) is 0 Å². The van der Waals surface area contributed by atoms with Crippen molar-refractivity contribution in [1.82, 2.24) is 0 Å². The summed E-state index contributed by atoms with van der Waals surface area (Å²) >= 11 is 0. The summed E-state index contributed by atoms with van der Waals surface area (Å²) in [5.41, 5.74) is 0. The first-order valence-electron chi connectivity index (χ1n) is 9.05. The smallest absolute Gasteiger partial charge is 0.746 e. The summed E-state index contributed by atoms with van der Waals surface area (Å²) in [5.74, 6) is 0. The summed E-state index contributed by atoms with van der Waals surface area (Å²) in [6, 6.07) is 0. The average Bonchev–Trinajstić information content (AvgIpc) is 2.45. The Bertz CT molecular complexity index is 342. The summed E-state index contributed by atoms with van der Waals surface area (Å²) in [6.07, 6.45) is 12.2. The van der Waals surface area contributed by atoms with Gasteiger partial charge in [0.25, 0.3) is 0 Å². The van der Waals surface area contributed by atoms with E-state index < -0.39 is 15.1 Å². The molecule has 0 spiro atoms. The predicted octanol–water partition coefficient (Wildman–Crippen LogP) is 1.73. The van der Waals surface area contributed by atoms with Crippen molar-refractivity contribution in [3.05, 3.63) is 0 Å². The summed E-state index contributed by atoms with van der Waals surface area (Å²) in [6.45, 7) is 4.28. The third kappa shape index (κ3) is 12.8. The molecule has 23 heavy (non-hydrogen) atoms. The standard InChI is InChI=1S/C17H36O4S.Na/c1-3-5-7-9-11-13-15-17(18,22(19,20)21)16-14-12-10-8-6-4-2;/h18H,3-16H2,1-2H3,(H,19,20,21);/q;+1/p-1. The normalized spacial score (nSPS) is 12.2. The van der Waals surface area contributed by atoms with Gasteiger partial charge in [-0.25, -0.2) is 8.42 Å². The Hall–Kier alpha value is 0.870. The molecule has 0 aliphatic heterocycles. The van der Waals surface area contributed by atoms with Crippen LogP contribution in [0.3, 0.4) is 0 Å². The molecule has 4 nitrogen and oxygen atoms in total. The zero-order valence-electron chi connectivity index (χ0n) is 15.5. The van der Waals surface area contributed by atoms with Crippen LogP contribution >= 0.6 is 0 Å². The van der Waals surface area contributed by atoms with Gasteiger partial charge in [0.05, 0.1) is 0 Å². The number of hydrogen-bond acceptors (Lipinski definition) is 4. The van der Waals surface area contributed by atoms with Crippen LogP contribution in [0.15, 0.2) is 0 Å². The molecule has 134 valence electrons. The molecule has 0 atom stereocenters. The van der Waals surface area contributed by atoms with Crippen LogP contribution in [0.2, 0.25) is 0 Å². The van der Waals surface area contributed by atoms with E-state index in [-0.39, 0.29) is 42.4 Å². The maximum atomic E-state index is 11.4. The molecule has 0 aromatic carbocycles. The van der Waals surface area contributed by atoms with Crippen molar-refractivity contribution in [3.8, 4) is 0 Å². The van der Waals surface area contributed by atoms with Gasteiger partial charge in [-0.2, -0.15) is 0 Å². The Morgan fingerprint density at radius 3 is 1.35 bits per heavy atom. The monoisotopic (exact) mass is 358 g/mol. The van der Waals surface area contributed by atoms with Gasteiger partial charge in [0, 0.05) is 0 Å². The second-order valence-corrected chi connectivity index (χ2v) is 8.10. The quantitative estimate of drug-likeness (QED) is 0.275. The van der Waals surface area contributed by atoms with E-state index in [1.54, 1.807) is 0 Å². The topological polar surface area (TPSA) is 77.4 Å². The van der Waals surface area contributed by atoms with Gasteiger partial charge in [-0.3, -0.25) is 0 Å². The zero-order valence-corrected chi connectivity index (χ0v) is 18.3. The predicted molar refractivity (Wildman–Crippen MR) is 90.6 cm³/mol. The minimum atomic E-state index is -4.65. The van der Waals surface area contributed by atoms with Gasteiger partial charge in [0.2, 0.25) is 0 Å². The Morgan fingerprint density at radius 2 is 1.04 bits per heavy atom. The van der Waals surface area contributed by atoms with Gasteiger partial charge in [0.1, 0.15) is 10.1 Å². The Kier molecular flexibility index (Phi) is 17.2. The first-order chi connectivity index (χ1) is 10.4. The summed E-state index contributed by atoms with van der Waals surface area (Å²) < 4.78 is 34.1. The van der Waals surface area contributed by atoms with Crippen molar-refractivity contribution in [3.63, 3.8) is 0 Å². The minimum absolute atomic E-state index is 0. The molecule has 0 fully saturated rings. The molecule has 6 heteroatoms. The third-order valence-electron chi connectivity index (χ3n) is 4.31. The van der Waals surface area contributed by atoms with Crippen LogP contribution < -0.4 is 29.6 Å². The van der Waals surface area contributed by atoms with Gasteiger partial charge in [0.15, 0.2) is 4.93 Å². The molecular formula is C17H35NaO4S. The fourth-order valence-electron chi connectivity index (χ4n) is 2.74. The fraction of sp³-hybridized carbons (Fsp3) is 1.00. The first kappa shape index (κ1) is 26.1. The molecule has 0 rings (SSSR count). The molecule has 0 saturated heterocycles. The summed E-state index contributed by atoms with van der Waals surface area (Å²) in [7, 11) is -4.65. The van der Waals surface area contributed by atoms with Gasteiger partial charge >= 0.3 is 29.6 Å². The van der Waals surface area contributed by atoms with Crippen LogP contribution in [-0.4, -0.2) is 23.0 Å². The molecule has 0 saturated carbocycles. The van der Waals surface area contributed by atoms with Crippen LogP contribution in [0, 0.1) is 0 Å². The second-order valence-electron chi connectivity index (χ2n) is 6.44. The average molecular weight is 359 g/mol. The Balaban J connectivity index is 0. The van der Waals surface area contributed by atoms with Gasteiger partial charge < -0.3 is 9.66 Å². The maximum Gasteiger partial charge on any atom is 1.00 e. The van der Waals surface area contributed by atoms with Crippen LogP contribution in [-0.2, 0) is 10.1 Å². The van der Waals surface area contributed by atoms with E-state index in [0.717, 1.165) is 51.4 Å². The zero-order chi connectivity index (χ0) is 16.9. The number of aliphatic hydroxyl groups is 1. The van der Waals surface area contributed by atoms with Gasteiger partial charge in [-0.1, -0.05) is 78.1 Å². The number of hydrogen-bond donors (Lipinski definition) is 1. The summed E-state index contributed by atoms with van der Waals surface area (Å²) in [4.78, 5) is -2.05. The Labute approximate surface area is 165 Å². The van der Waals surface area contributed by atoms with Crippen molar-refractivity contribution in [2.24, 2.45) is 0 Å². The maximum absolute atomic E-state index is 11.4. The van der Waals surface area contributed by atoms with E-state index in [9.17, 15) is 18.1 Å². The van der Waals surface area contributed by atoms with E-state index in [1.807, 2.05) is 0 Å². The van der Waals surface area contributed by atoms with Crippen molar-refractivity contribution in [2.45, 2.75) is 109 Å². The van der Waals surface area contributed by atoms with Crippen LogP contribution in [0.1, 0.15) is 104 Å². The SMILES string of the molecule is CCCCCCCCC(O)(CCCCCCCC)S(=O)(=O)[O-].[Na+]. The third-order valence-corrected chi connectivity index (χ3v) is 5.65. The number of unbranched alkanes of at least 4 members (excludes halogenated alkanes) is 10. The van der Waals surface area contributed by atoms with Crippen molar-refractivity contribution < 1.29 is 47.6 Å². The van der Waals surface area contributed by atoms with E-state index in [0.29, 0.717) is 12.8 Å². The van der Waals surface area contributed by atoms with E-state index in [4.69, 9.17) is 0 Å². The van der Waals surface area contributed by atoms with Crippen molar-refractivity contribution >= 4 is 10.1 Å². The molecule has 0 bridgehead atoms. The van der Waals surface area contributed by atoms with Gasteiger partial charge in [-0.15, -0.1) is 0 Å². The fourth-order valence-corrected chi connectivity index (χ4v) is 3.53. The van der Waals surface area contributed by atoms with E-state index in [2.05, 4.69) is 13.8 Å². The van der Waals surface area contributed by atoms with E-state index >= 15 is 0 Å².